The van der Waals surface area contributed by atoms with Crippen LogP contribution in [0.5, 0.6) is 0 Å². The summed E-state index contributed by atoms with van der Waals surface area (Å²) in [4.78, 5) is 39.2. The standard InChI is InChI=1S/C11H16F2N5O12P3/c12-4-1-5(18-7(4)10(14)16-3-17-18)8-6(13)9(19)11(15,28-8)2-27-32(23,24)30-33(25,26)29-31(20,21)22/h1,3,6,8-9,19H,2,15H2,(H,23,24)(H,25,26)(H2,14,16,17)(H2,20,21,22)/t6-,8-,9-,11+/m0/s1. The lowest BCUT2D eigenvalue weighted by molar-refractivity contribution is -0.107. The van der Waals surface area contributed by atoms with E-state index in [2.05, 4.69) is 23.2 Å². The Bertz CT molecular complexity index is 1210. The van der Waals surface area contributed by atoms with E-state index in [1.54, 1.807) is 0 Å². The van der Waals surface area contributed by atoms with Crippen molar-refractivity contribution >= 4 is 34.8 Å². The van der Waals surface area contributed by atoms with E-state index in [0.29, 0.717) is 0 Å². The van der Waals surface area contributed by atoms with E-state index in [1.165, 1.54) is 0 Å². The first-order valence-corrected chi connectivity index (χ1v) is 12.8. The Morgan fingerprint density at radius 1 is 1.21 bits per heavy atom. The van der Waals surface area contributed by atoms with Gasteiger partial charge in [0.2, 0.25) is 0 Å². The minimum absolute atomic E-state index is 0.297. The molecule has 2 aromatic rings. The summed E-state index contributed by atoms with van der Waals surface area (Å²) >= 11 is 0. The van der Waals surface area contributed by atoms with Crippen molar-refractivity contribution in [2.75, 3.05) is 12.3 Å². The number of aliphatic hydroxyl groups is 1. The second kappa shape index (κ2) is 8.66. The van der Waals surface area contributed by atoms with Crippen LogP contribution in [-0.2, 0) is 31.6 Å². The van der Waals surface area contributed by atoms with Gasteiger partial charge in [0.25, 0.3) is 0 Å². The van der Waals surface area contributed by atoms with Gasteiger partial charge >= 0.3 is 23.5 Å². The Kier molecular flexibility index (Phi) is 6.87. The van der Waals surface area contributed by atoms with Gasteiger partial charge in [-0.15, -0.1) is 0 Å². The molecule has 1 aliphatic rings. The quantitative estimate of drug-likeness (QED) is 0.202. The maximum absolute atomic E-state index is 14.8. The zero-order valence-electron chi connectivity index (χ0n) is 15.8. The summed E-state index contributed by atoms with van der Waals surface area (Å²) < 4.78 is 80.2. The van der Waals surface area contributed by atoms with Gasteiger partial charge in [-0.05, 0) is 0 Å². The van der Waals surface area contributed by atoms with Crippen LogP contribution in [0.15, 0.2) is 12.4 Å². The molecule has 6 atom stereocenters. The van der Waals surface area contributed by atoms with Crippen molar-refractivity contribution in [2.24, 2.45) is 5.73 Å². The number of nitrogen functional groups attached to an aromatic ring is 1. The van der Waals surface area contributed by atoms with E-state index in [9.17, 15) is 32.5 Å². The van der Waals surface area contributed by atoms with Gasteiger partial charge in [0.05, 0.1) is 5.69 Å². The molecule has 1 saturated heterocycles. The van der Waals surface area contributed by atoms with Crippen LogP contribution in [0.3, 0.4) is 0 Å². The monoisotopic (exact) mass is 541 g/mol. The molecule has 0 bridgehead atoms. The molecule has 2 unspecified atom stereocenters. The molecule has 2 aromatic heterocycles. The Hall–Kier alpha value is -1.43. The summed E-state index contributed by atoms with van der Waals surface area (Å²) in [6.45, 7) is -1.36. The number of halogens is 2. The van der Waals surface area contributed by atoms with Crippen LogP contribution in [0, 0.1) is 5.82 Å². The van der Waals surface area contributed by atoms with Crippen molar-refractivity contribution in [3.63, 3.8) is 0 Å². The fraction of sp³-hybridized carbons (Fsp3) is 0.455. The first-order valence-electron chi connectivity index (χ1n) is 8.29. The van der Waals surface area contributed by atoms with Crippen molar-refractivity contribution in [2.45, 2.75) is 24.1 Å². The Morgan fingerprint density at radius 2 is 1.85 bits per heavy atom. The van der Waals surface area contributed by atoms with Crippen molar-refractivity contribution in [3.8, 4) is 0 Å². The van der Waals surface area contributed by atoms with Crippen LogP contribution in [-0.4, -0.2) is 63.9 Å². The maximum atomic E-state index is 14.8. The Balaban J connectivity index is 1.79. The number of phosphoric ester groups is 1. The number of hydrogen-bond donors (Lipinski definition) is 7. The van der Waals surface area contributed by atoms with Crippen molar-refractivity contribution in [1.82, 2.24) is 14.6 Å². The number of alkyl halides is 1. The molecule has 33 heavy (non-hydrogen) atoms. The number of aliphatic hydroxyl groups excluding tert-OH is 1. The van der Waals surface area contributed by atoms with Crippen molar-refractivity contribution in [3.05, 3.63) is 23.9 Å². The minimum atomic E-state index is -5.83. The normalized spacial score (nSPS) is 29.8. The number of phosphoric acid groups is 3. The second-order valence-corrected chi connectivity index (χ2v) is 11.0. The summed E-state index contributed by atoms with van der Waals surface area (Å²) in [5.74, 6) is -1.26. The van der Waals surface area contributed by atoms with Crippen LogP contribution in [0.4, 0.5) is 14.6 Å². The molecule has 0 aromatic carbocycles. The van der Waals surface area contributed by atoms with Gasteiger partial charge in [0.15, 0.2) is 23.5 Å². The molecule has 1 aliphatic heterocycles. The SMILES string of the molecule is Nc1ncnn2c([C@@H]3O[C@](N)(COP(=O)(O)OP(=O)(O)OP(=O)(O)O)[C@@H](O)[C@H]3F)cc(F)c12. The zero-order chi connectivity index (χ0) is 25.0. The number of anilines is 1. The van der Waals surface area contributed by atoms with E-state index < -0.39 is 60.0 Å². The molecule has 0 amide bonds. The predicted molar refractivity (Wildman–Crippen MR) is 98.8 cm³/mol. The molecule has 17 nitrogen and oxygen atoms in total. The fourth-order valence-electron chi connectivity index (χ4n) is 2.88. The van der Waals surface area contributed by atoms with Crippen LogP contribution >= 0.6 is 23.5 Å². The largest absolute Gasteiger partial charge is 0.490 e. The first kappa shape index (κ1) is 26.2. The highest BCUT2D eigenvalue weighted by molar-refractivity contribution is 7.66. The highest BCUT2D eigenvalue weighted by atomic mass is 31.3. The van der Waals surface area contributed by atoms with E-state index in [0.717, 1.165) is 16.9 Å². The lowest BCUT2D eigenvalue weighted by Gasteiger charge is -2.27. The van der Waals surface area contributed by atoms with E-state index in [4.69, 9.17) is 30.9 Å². The van der Waals surface area contributed by atoms with Crippen LogP contribution in [0.1, 0.15) is 11.8 Å². The third-order valence-electron chi connectivity index (χ3n) is 4.16. The molecule has 0 radical (unpaired) electrons. The number of rotatable bonds is 8. The molecule has 0 aliphatic carbocycles. The third-order valence-corrected chi connectivity index (χ3v) is 7.94. The number of fused-ring (bicyclic) bond motifs is 1. The zero-order valence-corrected chi connectivity index (χ0v) is 18.5. The summed E-state index contributed by atoms with van der Waals surface area (Å²) in [5.41, 5.74) is 8.01. The summed E-state index contributed by atoms with van der Waals surface area (Å²) in [7, 11) is -17.1. The third kappa shape index (κ3) is 5.63. The lowest BCUT2D eigenvalue weighted by Crippen LogP contribution is -2.54. The molecule has 0 saturated carbocycles. The van der Waals surface area contributed by atoms with Gasteiger partial charge in [-0.25, -0.2) is 32.0 Å². The highest BCUT2D eigenvalue weighted by Gasteiger charge is 2.56. The highest BCUT2D eigenvalue weighted by Crippen LogP contribution is 2.66. The van der Waals surface area contributed by atoms with Crippen LogP contribution in [0.25, 0.3) is 5.52 Å². The van der Waals surface area contributed by atoms with Gasteiger partial charge in [-0.1, -0.05) is 0 Å². The molecule has 22 heteroatoms. The molecule has 3 heterocycles. The van der Waals surface area contributed by atoms with Gasteiger partial charge in [-0.2, -0.15) is 13.7 Å². The summed E-state index contributed by atoms with van der Waals surface area (Å²) in [6, 6.07) is 0.776. The van der Waals surface area contributed by atoms with Crippen molar-refractivity contribution < 1.29 is 65.0 Å². The molecule has 186 valence electrons. The number of hydrogen-bond acceptors (Lipinski definition) is 12. The average Bonchev–Trinajstić information content (AvgIpc) is 3.08. The van der Waals surface area contributed by atoms with Gasteiger partial charge in [-0.3, -0.25) is 10.3 Å². The second-order valence-electron chi connectivity index (χ2n) is 6.57. The summed E-state index contributed by atoms with van der Waals surface area (Å²) in [5, 5.41) is 13.9. The molecule has 9 N–H and O–H groups in total. The van der Waals surface area contributed by atoms with E-state index >= 15 is 0 Å². The molecular weight excluding hydrogens is 525 g/mol. The Labute approximate surface area is 181 Å². The maximum Gasteiger partial charge on any atom is 0.490 e. The predicted octanol–water partition coefficient (Wildman–Crippen LogP) is -0.781. The van der Waals surface area contributed by atoms with Crippen LogP contribution in [0.2, 0.25) is 0 Å². The Morgan fingerprint density at radius 3 is 2.45 bits per heavy atom. The molecule has 1 fully saturated rings. The van der Waals surface area contributed by atoms with E-state index in [-0.39, 0.29) is 17.0 Å². The van der Waals surface area contributed by atoms with Gasteiger partial charge < -0.3 is 35.2 Å². The average molecular weight is 541 g/mol. The number of nitrogens with two attached hydrogens (primary N) is 2. The lowest BCUT2D eigenvalue weighted by atomic mass is 10.0. The smallest absolute Gasteiger partial charge is 0.385 e. The van der Waals surface area contributed by atoms with Crippen LogP contribution < -0.4 is 11.5 Å². The number of ether oxygens (including phenoxy) is 1. The molecular formula is C11H16F2N5O12P3. The fourth-order valence-corrected chi connectivity index (χ4v) is 5.94. The van der Waals surface area contributed by atoms with Gasteiger partial charge in [0, 0.05) is 6.07 Å². The molecule has 3 rings (SSSR count). The first-order chi connectivity index (χ1) is 14.9. The molecule has 0 spiro atoms. The van der Waals surface area contributed by atoms with Crippen molar-refractivity contribution in [1.29, 1.82) is 0 Å². The van der Waals surface area contributed by atoms with Gasteiger partial charge in [0.1, 0.15) is 30.7 Å². The van der Waals surface area contributed by atoms with E-state index in [1.807, 2.05) is 0 Å². The number of aromatic nitrogens is 3. The minimum Gasteiger partial charge on any atom is -0.385 e. The summed E-state index contributed by atoms with van der Waals surface area (Å²) in [6.07, 6.45) is -5.51. The number of nitrogens with zero attached hydrogens (tertiary/aromatic N) is 3. The topological polar surface area (TPSA) is 272 Å².